The van der Waals surface area contributed by atoms with Crippen LogP contribution in [0.1, 0.15) is 19.3 Å². The minimum absolute atomic E-state index is 0.0230. The Morgan fingerprint density at radius 3 is 3.00 bits per heavy atom. The van der Waals surface area contributed by atoms with Crippen LogP contribution in [-0.2, 0) is 4.74 Å². The summed E-state index contributed by atoms with van der Waals surface area (Å²) >= 11 is 3.26. The van der Waals surface area contributed by atoms with Gasteiger partial charge in [-0.2, -0.15) is 0 Å². The SMILES string of the molecule is O=[N+]([O-])c1cnc(NCCCOCC2CC2)c(Br)c1. The minimum Gasteiger partial charge on any atom is -0.381 e. The Morgan fingerprint density at radius 2 is 2.37 bits per heavy atom. The summed E-state index contributed by atoms with van der Waals surface area (Å²) < 4.78 is 6.11. The third kappa shape index (κ3) is 4.76. The van der Waals surface area contributed by atoms with E-state index in [4.69, 9.17) is 4.74 Å². The molecule has 1 aromatic rings. The van der Waals surface area contributed by atoms with Crippen molar-refractivity contribution in [1.82, 2.24) is 4.98 Å². The first-order chi connectivity index (χ1) is 9.16. The summed E-state index contributed by atoms with van der Waals surface area (Å²) in [5.41, 5.74) is -0.0230. The van der Waals surface area contributed by atoms with Gasteiger partial charge in [0.25, 0.3) is 5.69 Å². The van der Waals surface area contributed by atoms with Gasteiger partial charge in [0.2, 0.25) is 0 Å². The van der Waals surface area contributed by atoms with Crippen LogP contribution in [0.15, 0.2) is 16.7 Å². The third-order valence-electron chi connectivity index (χ3n) is 2.85. The van der Waals surface area contributed by atoms with E-state index in [1.54, 1.807) is 0 Å². The van der Waals surface area contributed by atoms with Gasteiger partial charge >= 0.3 is 0 Å². The molecule has 1 fully saturated rings. The monoisotopic (exact) mass is 329 g/mol. The molecule has 0 aromatic carbocycles. The molecule has 2 rings (SSSR count). The number of pyridine rings is 1. The van der Waals surface area contributed by atoms with Gasteiger partial charge in [0.15, 0.2) is 0 Å². The van der Waals surface area contributed by atoms with Crippen LogP contribution in [0.3, 0.4) is 0 Å². The summed E-state index contributed by atoms with van der Waals surface area (Å²) in [5, 5.41) is 13.7. The first-order valence-electron chi connectivity index (χ1n) is 6.28. The van der Waals surface area contributed by atoms with E-state index in [0.29, 0.717) is 10.3 Å². The van der Waals surface area contributed by atoms with E-state index in [1.165, 1.54) is 25.1 Å². The zero-order chi connectivity index (χ0) is 13.7. The zero-order valence-electron chi connectivity index (χ0n) is 10.5. The lowest BCUT2D eigenvalue weighted by molar-refractivity contribution is -0.385. The highest BCUT2D eigenvalue weighted by molar-refractivity contribution is 9.10. The average Bonchev–Trinajstić information content (AvgIpc) is 3.19. The minimum atomic E-state index is -0.465. The number of nitrogens with zero attached hydrogens (tertiary/aromatic N) is 2. The summed E-state index contributed by atoms with van der Waals surface area (Å²) in [5.74, 6) is 1.41. The molecule has 0 amide bonds. The highest BCUT2D eigenvalue weighted by Crippen LogP contribution is 2.28. The molecule has 7 heteroatoms. The van der Waals surface area contributed by atoms with Crippen molar-refractivity contribution in [2.75, 3.05) is 25.1 Å². The van der Waals surface area contributed by atoms with Gasteiger partial charge < -0.3 is 10.1 Å². The number of nitrogens with one attached hydrogen (secondary N) is 1. The van der Waals surface area contributed by atoms with Crippen molar-refractivity contribution in [2.24, 2.45) is 5.92 Å². The van der Waals surface area contributed by atoms with Crippen molar-refractivity contribution in [3.05, 3.63) is 26.9 Å². The Hall–Kier alpha value is -1.21. The second-order valence-corrected chi connectivity index (χ2v) is 5.43. The molecule has 104 valence electrons. The number of anilines is 1. The van der Waals surface area contributed by atoms with Crippen LogP contribution in [0.4, 0.5) is 11.5 Å². The van der Waals surface area contributed by atoms with Gasteiger partial charge in [0.1, 0.15) is 12.0 Å². The second-order valence-electron chi connectivity index (χ2n) is 4.58. The summed E-state index contributed by atoms with van der Waals surface area (Å²) in [6.07, 6.45) is 4.74. The van der Waals surface area contributed by atoms with Gasteiger partial charge in [0.05, 0.1) is 9.40 Å². The van der Waals surface area contributed by atoms with Gasteiger partial charge in [-0.3, -0.25) is 10.1 Å². The average molecular weight is 330 g/mol. The van der Waals surface area contributed by atoms with E-state index in [2.05, 4.69) is 26.2 Å². The molecular weight excluding hydrogens is 314 g/mol. The van der Waals surface area contributed by atoms with Gasteiger partial charge in [-0.05, 0) is 41.1 Å². The standard InChI is InChI=1S/C12H16BrN3O3/c13-11-6-10(16(17)18)7-15-12(11)14-4-1-5-19-8-9-2-3-9/h6-7,9H,1-5,8H2,(H,14,15). The van der Waals surface area contributed by atoms with Crippen LogP contribution in [0.5, 0.6) is 0 Å². The van der Waals surface area contributed by atoms with Crippen molar-refractivity contribution in [1.29, 1.82) is 0 Å². The molecule has 1 aliphatic rings. The molecule has 0 bridgehead atoms. The summed E-state index contributed by atoms with van der Waals surface area (Å²) in [4.78, 5) is 14.1. The van der Waals surface area contributed by atoms with Gasteiger partial charge in [0, 0.05) is 25.8 Å². The summed E-state index contributed by atoms with van der Waals surface area (Å²) in [6.45, 7) is 2.33. The van der Waals surface area contributed by atoms with E-state index >= 15 is 0 Å². The smallest absolute Gasteiger partial charge is 0.288 e. The highest BCUT2D eigenvalue weighted by Gasteiger charge is 2.20. The number of hydrogen-bond acceptors (Lipinski definition) is 5. The van der Waals surface area contributed by atoms with Crippen molar-refractivity contribution >= 4 is 27.4 Å². The van der Waals surface area contributed by atoms with Crippen LogP contribution < -0.4 is 5.32 Å². The first-order valence-corrected chi connectivity index (χ1v) is 7.07. The number of halogens is 1. The normalized spacial score (nSPS) is 14.4. The molecule has 0 saturated heterocycles. The molecule has 1 heterocycles. The number of rotatable bonds is 8. The highest BCUT2D eigenvalue weighted by atomic mass is 79.9. The fourth-order valence-electron chi connectivity index (χ4n) is 1.57. The van der Waals surface area contributed by atoms with Crippen LogP contribution in [0.2, 0.25) is 0 Å². The Balaban J connectivity index is 1.68. The van der Waals surface area contributed by atoms with E-state index < -0.39 is 4.92 Å². The second kappa shape index (κ2) is 6.81. The summed E-state index contributed by atoms with van der Waals surface area (Å²) in [7, 11) is 0. The summed E-state index contributed by atoms with van der Waals surface area (Å²) in [6, 6.07) is 1.44. The topological polar surface area (TPSA) is 77.3 Å². The number of aromatic nitrogens is 1. The van der Waals surface area contributed by atoms with Crippen molar-refractivity contribution in [3.8, 4) is 0 Å². The van der Waals surface area contributed by atoms with Crippen LogP contribution in [0.25, 0.3) is 0 Å². The number of hydrogen-bond donors (Lipinski definition) is 1. The molecule has 0 unspecified atom stereocenters. The predicted octanol–water partition coefficient (Wildman–Crippen LogP) is 2.98. The van der Waals surface area contributed by atoms with Gasteiger partial charge in [-0.1, -0.05) is 0 Å². The molecule has 1 aliphatic carbocycles. The lowest BCUT2D eigenvalue weighted by Gasteiger charge is -2.07. The largest absolute Gasteiger partial charge is 0.381 e. The van der Waals surface area contributed by atoms with Crippen LogP contribution in [-0.4, -0.2) is 29.7 Å². The Labute approximate surface area is 119 Å². The maximum atomic E-state index is 10.6. The van der Waals surface area contributed by atoms with Crippen molar-refractivity contribution < 1.29 is 9.66 Å². The quantitative estimate of drug-likeness (QED) is 0.450. The van der Waals surface area contributed by atoms with Gasteiger partial charge in [-0.15, -0.1) is 0 Å². The Morgan fingerprint density at radius 1 is 1.58 bits per heavy atom. The fraction of sp³-hybridized carbons (Fsp3) is 0.583. The molecule has 1 saturated carbocycles. The molecule has 6 nitrogen and oxygen atoms in total. The lowest BCUT2D eigenvalue weighted by atomic mass is 10.4. The van der Waals surface area contributed by atoms with E-state index in [0.717, 1.165) is 32.1 Å². The molecule has 0 spiro atoms. The maximum absolute atomic E-state index is 10.6. The fourth-order valence-corrected chi connectivity index (χ4v) is 2.05. The molecule has 0 aliphatic heterocycles. The van der Waals surface area contributed by atoms with E-state index in [-0.39, 0.29) is 5.69 Å². The molecule has 1 N–H and O–H groups in total. The van der Waals surface area contributed by atoms with Crippen LogP contribution >= 0.6 is 15.9 Å². The molecule has 0 atom stereocenters. The molecule has 19 heavy (non-hydrogen) atoms. The van der Waals surface area contributed by atoms with E-state index in [9.17, 15) is 10.1 Å². The Bertz CT molecular complexity index is 452. The number of nitro groups is 1. The Kier molecular flexibility index (Phi) is 5.09. The number of ether oxygens (including phenoxy) is 1. The molecular formula is C12H16BrN3O3. The van der Waals surface area contributed by atoms with Gasteiger partial charge in [-0.25, -0.2) is 4.98 Å². The van der Waals surface area contributed by atoms with Crippen molar-refractivity contribution in [2.45, 2.75) is 19.3 Å². The molecule has 1 aromatic heterocycles. The lowest BCUT2D eigenvalue weighted by Crippen LogP contribution is -2.08. The van der Waals surface area contributed by atoms with Crippen LogP contribution in [0, 0.1) is 16.0 Å². The first kappa shape index (κ1) is 14.2. The third-order valence-corrected chi connectivity index (χ3v) is 3.45. The van der Waals surface area contributed by atoms with E-state index in [1.807, 2.05) is 0 Å². The van der Waals surface area contributed by atoms with Crippen molar-refractivity contribution in [3.63, 3.8) is 0 Å². The zero-order valence-corrected chi connectivity index (χ0v) is 12.1. The predicted molar refractivity (Wildman–Crippen MR) is 75.2 cm³/mol. The maximum Gasteiger partial charge on any atom is 0.288 e. The molecule has 0 radical (unpaired) electrons.